The van der Waals surface area contributed by atoms with Gasteiger partial charge in [-0.2, -0.15) is 5.10 Å². The first-order valence-electron chi connectivity index (χ1n) is 9.36. The van der Waals surface area contributed by atoms with E-state index < -0.39 is 0 Å². The van der Waals surface area contributed by atoms with E-state index in [1.54, 1.807) is 23.9 Å². The molecule has 2 aromatic heterocycles. The van der Waals surface area contributed by atoms with Crippen molar-refractivity contribution >= 4 is 17.7 Å². The summed E-state index contributed by atoms with van der Waals surface area (Å²) in [5.41, 5.74) is 2.61. The molecular weight excluding hydrogens is 393 g/mol. The molecule has 1 aliphatic carbocycles. The molecule has 0 bridgehead atoms. The normalized spacial score (nSPS) is 17.7. The lowest BCUT2D eigenvalue weighted by atomic mass is 9.74. The van der Waals surface area contributed by atoms with Crippen molar-refractivity contribution in [3.05, 3.63) is 53.4 Å². The van der Waals surface area contributed by atoms with E-state index in [0.717, 1.165) is 24.1 Å². The fraction of sp³-hybridized carbons (Fsp3) is 0.400. The van der Waals surface area contributed by atoms with E-state index in [-0.39, 0.29) is 28.9 Å². The van der Waals surface area contributed by atoms with Crippen molar-refractivity contribution in [3.8, 4) is 5.69 Å². The zero-order chi connectivity index (χ0) is 20.6. The molecule has 7 nitrogen and oxygen atoms in total. The molecule has 0 spiro atoms. The second-order valence-electron chi connectivity index (χ2n) is 7.98. The van der Waals surface area contributed by atoms with Crippen LogP contribution in [0.15, 0.2) is 40.1 Å². The summed E-state index contributed by atoms with van der Waals surface area (Å²) in [5, 5.41) is 15.6. The van der Waals surface area contributed by atoms with Crippen LogP contribution in [0.3, 0.4) is 0 Å². The lowest BCUT2D eigenvalue weighted by Gasteiger charge is -2.36. The fourth-order valence-corrected chi connectivity index (χ4v) is 4.32. The van der Waals surface area contributed by atoms with Gasteiger partial charge in [0.05, 0.1) is 29.4 Å². The topological polar surface area (TPSA) is 85.8 Å². The number of thioether (sulfide) groups is 1. The van der Waals surface area contributed by atoms with Crippen LogP contribution in [0, 0.1) is 18.2 Å². The Labute approximate surface area is 172 Å². The SMILES string of the molecule is Cc1nnc(SCC(=O)N[C@@H]2CC(C)(C)Cc3c2cnn3-c2cccc(F)c2)o1. The number of nitrogens with one attached hydrogen (secondary N) is 1. The third-order valence-electron chi connectivity index (χ3n) is 4.90. The Bertz CT molecular complexity index is 1050. The van der Waals surface area contributed by atoms with Crippen LogP contribution in [0.2, 0.25) is 0 Å². The largest absolute Gasteiger partial charge is 0.416 e. The summed E-state index contributed by atoms with van der Waals surface area (Å²) in [5.74, 6) is 0.237. The van der Waals surface area contributed by atoms with Crippen LogP contribution in [-0.4, -0.2) is 31.6 Å². The number of aryl methyl sites for hydroxylation is 1. The Hall–Kier alpha value is -2.68. The van der Waals surface area contributed by atoms with Crippen molar-refractivity contribution in [3.63, 3.8) is 0 Å². The number of hydrogen-bond donors (Lipinski definition) is 1. The van der Waals surface area contributed by atoms with Crippen molar-refractivity contribution in [2.45, 2.75) is 44.9 Å². The summed E-state index contributed by atoms with van der Waals surface area (Å²) in [4.78, 5) is 12.5. The van der Waals surface area contributed by atoms with E-state index in [9.17, 15) is 9.18 Å². The van der Waals surface area contributed by atoms with Crippen molar-refractivity contribution in [1.82, 2.24) is 25.3 Å². The number of fused-ring (bicyclic) bond motifs is 1. The number of amides is 1. The second-order valence-corrected chi connectivity index (χ2v) is 8.91. The van der Waals surface area contributed by atoms with Gasteiger partial charge in [0.1, 0.15) is 5.82 Å². The molecule has 0 aliphatic heterocycles. The van der Waals surface area contributed by atoms with Gasteiger partial charge in [-0.15, -0.1) is 10.2 Å². The minimum absolute atomic E-state index is 0.0349. The van der Waals surface area contributed by atoms with Crippen LogP contribution in [0.1, 0.15) is 43.5 Å². The Morgan fingerprint density at radius 3 is 2.97 bits per heavy atom. The molecule has 4 rings (SSSR count). The molecule has 3 aromatic rings. The van der Waals surface area contributed by atoms with E-state index in [1.165, 1.54) is 23.9 Å². The van der Waals surface area contributed by atoms with Crippen molar-refractivity contribution in [2.24, 2.45) is 5.41 Å². The van der Waals surface area contributed by atoms with E-state index in [2.05, 4.69) is 34.5 Å². The third kappa shape index (κ3) is 4.34. The van der Waals surface area contributed by atoms with Gasteiger partial charge in [0.25, 0.3) is 5.22 Å². The first-order chi connectivity index (χ1) is 13.8. The molecule has 0 radical (unpaired) electrons. The van der Waals surface area contributed by atoms with Gasteiger partial charge in [0.15, 0.2) is 0 Å². The van der Waals surface area contributed by atoms with Gasteiger partial charge in [-0.05, 0) is 36.5 Å². The monoisotopic (exact) mass is 415 g/mol. The molecule has 1 amide bonds. The predicted octanol–water partition coefficient (Wildman–Crippen LogP) is 3.62. The molecule has 0 saturated heterocycles. The standard InChI is InChI=1S/C20H22FN5O2S/c1-12-24-25-19(28-12)29-11-18(27)23-16-8-20(2,3)9-17-15(16)10-22-26(17)14-6-4-5-13(21)7-14/h4-7,10,16H,8-9,11H2,1-3H3,(H,23,27)/t16-/m1/s1. The Morgan fingerprint density at radius 1 is 1.41 bits per heavy atom. The van der Waals surface area contributed by atoms with Crippen LogP contribution >= 0.6 is 11.8 Å². The molecule has 29 heavy (non-hydrogen) atoms. The summed E-state index contributed by atoms with van der Waals surface area (Å²) in [6.07, 6.45) is 3.36. The second kappa shape index (κ2) is 7.62. The lowest BCUT2D eigenvalue weighted by Crippen LogP contribution is -2.37. The number of aromatic nitrogens is 4. The number of hydrogen-bond acceptors (Lipinski definition) is 6. The van der Waals surface area contributed by atoms with Gasteiger partial charge in [-0.3, -0.25) is 4.79 Å². The maximum atomic E-state index is 13.7. The average molecular weight is 415 g/mol. The molecule has 9 heteroatoms. The van der Waals surface area contributed by atoms with Gasteiger partial charge < -0.3 is 9.73 Å². The number of rotatable bonds is 5. The van der Waals surface area contributed by atoms with E-state index >= 15 is 0 Å². The zero-order valence-electron chi connectivity index (χ0n) is 16.5. The highest BCUT2D eigenvalue weighted by atomic mass is 32.2. The minimum atomic E-state index is -0.306. The highest BCUT2D eigenvalue weighted by Crippen LogP contribution is 2.41. The zero-order valence-corrected chi connectivity index (χ0v) is 17.3. The average Bonchev–Trinajstić information content (AvgIpc) is 3.25. The van der Waals surface area contributed by atoms with Crippen LogP contribution in [-0.2, 0) is 11.2 Å². The van der Waals surface area contributed by atoms with Gasteiger partial charge >= 0.3 is 0 Å². The van der Waals surface area contributed by atoms with E-state index in [1.807, 2.05) is 6.07 Å². The summed E-state index contributed by atoms with van der Waals surface area (Å²) in [7, 11) is 0. The van der Waals surface area contributed by atoms with Crippen molar-refractivity contribution < 1.29 is 13.6 Å². The molecule has 0 fully saturated rings. The predicted molar refractivity (Wildman–Crippen MR) is 106 cm³/mol. The molecular formula is C20H22FN5O2S. The van der Waals surface area contributed by atoms with E-state index in [4.69, 9.17) is 4.42 Å². The quantitative estimate of drug-likeness (QED) is 0.641. The summed E-state index contributed by atoms with van der Waals surface area (Å²) in [6, 6.07) is 6.21. The Morgan fingerprint density at radius 2 is 2.24 bits per heavy atom. The number of benzene rings is 1. The Kier molecular flexibility index (Phi) is 5.16. The molecule has 0 unspecified atom stereocenters. The van der Waals surface area contributed by atoms with Crippen LogP contribution in [0.25, 0.3) is 5.69 Å². The molecule has 152 valence electrons. The summed E-state index contributed by atoms with van der Waals surface area (Å²) in [6.45, 7) is 6.03. The van der Waals surface area contributed by atoms with Gasteiger partial charge in [0, 0.05) is 12.5 Å². The molecule has 1 aliphatic rings. The number of carbonyl (C=O) groups excluding carboxylic acids is 1. The van der Waals surface area contributed by atoms with Crippen LogP contribution < -0.4 is 5.32 Å². The third-order valence-corrected chi connectivity index (χ3v) is 5.72. The summed E-state index contributed by atoms with van der Waals surface area (Å²) >= 11 is 1.21. The minimum Gasteiger partial charge on any atom is -0.416 e. The highest BCUT2D eigenvalue weighted by molar-refractivity contribution is 7.99. The molecule has 1 N–H and O–H groups in total. The maximum Gasteiger partial charge on any atom is 0.277 e. The van der Waals surface area contributed by atoms with Gasteiger partial charge in [0.2, 0.25) is 11.8 Å². The molecule has 1 atom stereocenters. The number of halogens is 1. The molecule has 0 saturated carbocycles. The molecule has 1 aromatic carbocycles. The molecule has 2 heterocycles. The maximum absolute atomic E-state index is 13.7. The van der Waals surface area contributed by atoms with E-state index in [0.29, 0.717) is 16.8 Å². The number of nitrogens with zero attached hydrogens (tertiary/aromatic N) is 4. The van der Waals surface area contributed by atoms with Crippen molar-refractivity contribution in [2.75, 3.05) is 5.75 Å². The van der Waals surface area contributed by atoms with Crippen LogP contribution in [0.5, 0.6) is 0 Å². The van der Waals surface area contributed by atoms with Gasteiger partial charge in [-0.25, -0.2) is 9.07 Å². The Balaban J connectivity index is 1.54. The van der Waals surface area contributed by atoms with Crippen molar-refractivity contribution in [1.29, 1.82) is 0 Å². The number of carbonyl (C=O) groups is 1. The summed E-state index contributed by atoms with van der Waals surface area (Å²) < 4.78 is 20.8. The first-order valence-corrected chi connectivity index (χ1v) is 10.3. The first kappa shape index (κ1) is 19.6. The van der Waals surface area contributed by atoms with Gasteiger partial charge in [-0.1, -0.05) is 31.7 Å². The highest BCUT2D eigenvalue weighted by Gasteiger charge is 2.36. The fourth-order valence-electron chi connectivity index (χ4n) is 3.70. The smallest absolute Gasteiger partial charge is 0.277 e. The lowest BCUT2D eigenvalue weighted by molar-refractivity contribution is -0.119. The van der Waals surface area contributed by atoms with Crippen LogP contribution in [0.4, 0.5) is 4.39 Å².